The number of rotatable bonds is 9. The van der Waals surface area contributed by atoms with Gasteiger partial charge in [0.15, 0.2) is 0 Å². The molecule has 0 aromatic heterocycles. The summed E-state index contributed by atoms with van der Waals surface area (Å²) in [6.45, 7) is -0.0998. The first-order valence-corrected chi connectivity index (χ1v) is 6.38. The summed E-state index contributed by atoms with van der Waals surface area (Å²) in [5, 5.41) is 43.7. The number of carboxylic acids is 1. The minimum Gasteiger partial charge on any atom is -0.548 e. The SMILES string of the molecule is O=C([O-])[C@H](CCCCO)Nc1ccc([N+](=O)[O-])cc1[N+](=O)[O-].[Na+]. The van der Waals surface area contributed by atoms with Crippen molar-refractivity contribution in [3.63, 3.8) is 0 Å². The summed E-state index contributed by atoms with van der Waals surface area (Å²) in [5.41, 5.74) is -1.21. The number of nitrogens with zero attached hydrogens (tertiary/aromatic N) is 2. The van der Waals surface area contributed by atoms with Gasteiger partial charge in [-0.2, -0.15) is 0 Å². The van der Waals surface area contributed by atoms with Crippen LogP contribution >= 0.6 is 0 Å². The van der Waals surface area contributed by atoms with Gasteiger partial charge in [-0.15, -0.1) is 0 Å². The van der Waals surface area contributed by atoms with Gasteiger partial charge in [-0.25, -0.2) is 0 Å². The molecule has 23 heavy (non-hydrogen) atoms. The first kappa shape index (κ1) is 21.2. The Morgan fingerprint density at radius 1 is 1.22 bits per heavy atom. The second-order valence-corrected chi connectivity index (χ2v) is 4.45. The van der Waals surface area contributed by atoms with Crippen LogP contribution in [-0.2, 0) is 4.79 Å². The predicted octanol–water partition coefficient (Wildman–Crippen LogP) is -2.80. The van der Waals surface area contributed by atoms with E-state index in [9.17, 15) is 30.1 Å². The number of hydrogen-bond donors (Lipinski definition) is 2. The average Bonchev–Trinajstić information content (AvgIpc) is 2.45. The Labute approximate surface area is 153 Å². The molecule has 120 valence electrons. The number of aliphatic hydroxyl groups is 1. The molecule has 0 saturated carbocycles. The van der Waals surface area contributed by atoms with Crippen LogP contribution in [0.4, 0.5) is 17.1 Å². The molecule has 1 atom stereocenters. The number of unbranched alkanes of at least 4 members (excludes halogenated alkanes) is 1. The zero-order valence-electron chi connectivity index (χ0n) is 12.4. The average molecular weight is 335 g/mol. The van der Waals surface area contributed by atoms with Gasteiger partial charge in [0.2, 0.25) is 0 Å². The van der Waals surface area contributed by atoms with Crippen LogP contribution in [0.1, 0.15) is 19.3 Å². The van der Waals surface area contributed by atoms with Gasteiger partial charge in [0, 0.05) is 12.7 Å². The Bertz CT molecular complexity index is 582. The molecule has 0 fully saturated rings. The molecule has 0 aliphatic rings. The van der Waals surface area contributed by atoms with Crippen LogP contribution in [-0.4, -0.2) is 33.6 Å². The molecule has 0 radical (unpaired) electrons. The summed E-state index contributed by atoms with van der Waals surface area (Å²) < 4.78 is 0. The molecule has 2 N–H and O–H groups in total. The molecule has 0 aliphatic heterocycles. The number of nitro groups is 2. The van der Waals surface area contributed by atoms with Crippen molar-refractivity contribution in [3.8, 4) is 0 Å². The number of carboxylic acid groups (broad SMARTS) is 1. The molecule has 11 heteroatoms. The van der Waals surface area contributed by atoms with Gasteiger partial charge in [0.25, 0.3) is 11.4 Å². The summed E-state index contributed by atoms with van der Waals surface area (Å²) in [7, 11) is 0. The molecule has 0 saturated heterocycles. The van der Waals surface area contributed by atoms with E-state index in [0.29, 0.717) is 12.8 Å². The number of carbonyl (C=O) groups excluding carboxylic acids is 1. The Morgan fingerprint density at radius 2 is 1.87 bits per heavy atom. The summed E-state index contributed by atoms with van der Waals surface area (Å²) in [6, 6.07) is 1.67. The van der Waals surface area contributed by atoms with E-state index >= 15 is 0 Å². The van der Waals surface area contributed by atoms with Crippen molar-refractivity contribution in [3.05, 3.63) is 38.4 Å². The number of benzene rings is 1. The van der Waals surface area contributed by atoms with Crippen LogP contribution in [0.15, 0.2) is 18.2 Å². The molecule has 1 aromatic carbocycles. The maximum atomic E-state index is 11.0. The minimum absolute atomic E-state index is 0. The van der Waals surface area contributed by atoms with Gasteiger partial charge in [-0.3, -0.25) is 20.2 Å². The molecule has 0 spiro atoms. The van der Waals surface area contributed by atoms with Crippen LogP contribution in [0, 0.1) is 20.2 Å². The zero-order valence-corrected chi connectivity index (χ0v) is 14.4. The van der Waals surface area contributed by atoms with E-state index in [1.165, 1.54) is 0 Å². The van der Waals surface area contributed by atoms with Crippen molar-refractivity contribution in [2.75, 3.05) is 11.9 Å². The molecule has 0 aliphatic carbocycles. The van der Waals surface area contributed by atoms with Crippen molar-refractivity contribution < 1.29 is 54.4 Å². The van der Waals surface area contributed by atoms with Crippen molar-refractivity contribution in [1.82, 2.24) is 0 Å². The van der Waals surface area contributed by atoms with E-state index in [1.807, 2.05) is 0 Å². The first-order chi connectivity index (χ1) is 10.4. The number of non-ortho nitro benzene ring substituents is 1. The van der Waals surface area contributed by atoms with Gasteiger partial charge in [-0.05, 0) is 25.3 Å². The van der Waals surface area contributed by atoms with E-state index in [4.69, 9.17) is 5.11 Å². The molecule has 0 heterocycles. The number of carbonyl (C=O) groups is 1. The van der Waals surface area contributed by atoms with Crippen molar-refractivity contribution in [2.24, 2.45) is 0 Å². The third-order valence-electron chi connectivity index (χ3n) is 2.90. The number of nitrogens with one attached hydrogen (secondary N) is 1. The quantitative estimate of drug-likeness (QED) is 0.212. The van der Waals surface area contributed by atoms with E-state index in [1.54, 1.807) is 0 Å². The summed E-state index contributed by atoms with van der Waals surface area (Å²) >= 11 is 0. The van der Waals surface area contributed by atoms with E-state index in [2.05, 4.69) is 5.32 Å². The van der Waals surface area contributed by atoms with Crippen LogP contribution in [0.5, 0.6) is 0 Å². The van der Waals surface area contributed by atoms with Gasteiger partial charge >= 0.3 is 29.6 Å². The molecule has 1 rings (SSSR count). The fourth-order valence-electron chi connectivity index (χ4n) is 1.80. The molecular formula is C12H14N3NaO7. The monoisotopic (exact) mass is 335 g/mol. The first-order valence-electron chi connectivity index (χ1n) is 6.38. The smallest absolute Gasteiger partial charge is 0.548 e. The second-order valence-electron chi connectivity index (χ2n) is 4.45. The summed E-state index contributed by atoms with van der Waals surface area (Å²) in [4.78, 5) is 31.0. The number of hydrogen-bond acceptors (Lipinski definition) is 8. The summed E-state index contributed by atoms with van der Waals surface area (Å²) in [6.07, 6.45) is 0.855. The summed E-state index contributed by atoms with van der Waals surface area (Å²) in [5.74, 6) is -1.45. The van der Waals surface area contributed by atoms with Gasteiger partial charge in [0.1, 0.15) is 5.69 Å². The Balaban J connectivity index is 0.00000484. The van der Waals surface area contributed by atoms with Crippen molar-refractivity contribution >= 4 is 23.0 Å². The number of nitro benzene ring substituents is 2. The normalized spacial score (nSPS) is 11.2. The van der Waals surface area contributed by atoms with Crippen molar-refractivity contribution in [2.45, 2.75) is 25.3 Å². The van der Waals surface area contributed by atoms with E-state index in [0.717, 1.165) is 18.2 Å². The number of aliphatic carboxylic acids is 1. The van der Waals surface area contributed by atoms with Gasteiger partial charge in [0.05, 0.1) is 27.9 Å². The molecule has 1 aromatic rings. The topological polar surface area (TPSA) is 159 Å². The van der Waals surface area contributed by atoms with Gasteiger partial charge in [-0.1, -0.05) is 0 Å². The van der Waals surface area contributed by atoms with Crippen LogP contribution in [0.3, 0.4) is 0 Å². The Morgan fingerprint density at radius 3 is 2.35 bits per heavy atom. The van der Waals surface area contributed by atoms with Crippen LogP contribution in [0.25, 0.3) is 0 Å². The second kappa shape index (κ2) is 10.1. The largest absolute Gasteiger partial charge is 1.00 e. The standard InChI is InChI=1S/C12H15N3O7.Na/c16-6-2-1-3-10(12(17)18)13-9-5-4-8(14(19)20)7-11(9)15(21)22;/h4-5,7,10,13,16H,1-3,6H2,(H,17,18);/q;+1/p-1/t10-;/m0./s1. The third kappa shape index (κ3) is 6.48. The zero-order chi connectivity index (χ0) is 16.7. The van der Waals surface area contributed by atoms with Crippen LogP contribution in [0.2, 0.25) is 0 Å². The van der Waals surface area contributed by atoms with Crippen LogP contribution < -0.4 is 40.0 Å². The van der Waals surface area contributed by atoms with E-state index < -0.39 is 33.2 Å². The molecule has 0 bridgehead atoms. The maximum absolute atomic E-state index is 11.0. The molecule has 0 amide bonds. The fourth-order valence-corrected chi connectivity index (χ4v) is 1.80. The predicted molar refractivity (Wildman–Crippen MR) is 73.1 cm³/mol. The Hall–Kier alpha value is -1.75. The number of anilines is 1. The maximum Gasteiger partial charge on any atom is 1.00 e. The molecule has 10 nitrogen and oxygen atoms in total. The Kier molecular flexibility index (Phi) is 9.34. The van der Waals surface area contributed by atoms with Crippen molar-refractivity contribution in [1.29, 1.82) is 0 Å². The fraction of sp³-hybridized carbons (Fsp3) is 0.417. The minimum atomic E-state index is -1.45. The number of aliphatic hydroxyl groups excluding tert-OH is 1. The molecule has 0 unspecified atom stereocenters. The van der Waals surface area contributed by atoms with E-state index in [-0.39, 0.29) is 48.3 Å². The third-order valence-corrected chi connectivity index (χ3v) is 2.90. The van der Waals surface area contributed by atoms with Gasteiger partial charge < -0.3 is 20.3 Å². The molecular weight excluding hydrogens is 321 g/mol.